The summed E-state index contributed by atoms with van der Waals surface area (Å²) in [5, 5.41) is 8.86. The van der Waals surface area contributed by atoms with Gasteiger partial charge in [-0.1, -0.05) is 0 Å². The van der Waals surface area contributed by atoms with Gasteiger partial charge in [-0.2, -0.15) is 0 Å². The van der Waals surface area contributed by atoms with Crippen LogP contribution < -0.4 is 0 Å². The number of carboxylic acid groups (broad SMARTS) is 1. The first-order chi connectivity index (χ1) is 8.08. The predicted octanol–water partition coefficient (Wildman–Crippen LogP) is 2.71. The lowest BCUT2D eigenvalue weighted by Gasteiger charge is -1.98. The zero-order valence-electron chi connectivity index (χ0n) is 9.01. The first-order valence-electron chi connectivity index (χ1n) is 4.87. The number of ketones is 1. The average molecular weight is 247 g/mol. The van der Waals surface area contributed by atoms with Crippen LogP contribution in [0.1, 0.15) is 27.0 Å². The van der Waals surface area contributed by atoms with E-state index >= 15 is 0 Å². The van der Waals surface area contributed by atoms with Gasteiger partial charge in [0, 0.05) is 22.8 Å². The standard InChI is InChI=1S/C12H9NO3S/c1-7(14)10-2-3-11(17-10)8-4-9(12(15)16)6-13-5-8/h2-6H,1H3,(H,15,16). The van der Waals surface area contributed by atoms with Crippen molar-refractivity contribution in [2.24, 2.45) is 0 Å². The molecule has 17 heavy (non-hydrogen) atoms. The Balaban J connectivity index is 2.42. The molecule has 0 unspecified atom stereocenters. The lowest BCUT2D eigenvalue weighted by Crippen LogP contribution is -1.96. The van der Waals surface area contributed by atoms with E-state index in [1.54, 1.807) is 24.4 Å². The van der Waals surface area contributed by atoms with Crippen LogP contribution in [0.2, 0.25) is 0 Å². The summed E-state index contributed by atoms with van der Waals surface area (Å²) in [6.45, 7) is 1.50. The number of aromatic nitrogens is 1. The molecule has 0 saturated carbocycles. The minimum absolute atomic E-state index is 0.00333. The molecule has 0 aliphatic heterocycles. The molecule has 2 aromatic heterocycles. The van der Waals surface area contributed by atoms with E-state index in [4.69, 9.17) is 5.11 Å². The highest BCUT2D eigenvalue weighted by Gasteiger charge is 2.09. The van der Waals surface area contributed by atoms with Gasteiger partial charge in [0.25, 0.3) is 0 Å². The molecule has 4 nitrogen and oxygen atoms in total. The molecule has 1 N–H and O–H groups in total. The molecule has 0 spiro atoms. The van der Waals surface area contributed by atoms with E-state index in [-0.39, 0.29) is 11.3 Å². The number of nitrogens with zero attached hydrogens (tertiary/aromatic N) is 1. The van der Waals surface area contributed by atoms with Crippen molar-refractivity contribution in [2.75, 3.05) is 0 Å². The van der Waals surface area contributed by atoms with Gasteiger partial charge in [0.2, 0.25) is 0 Å². The first kappa shape index (κ1) is 11.5. The number of aromatic carboxylic acids is 1. The van der Waals surface area contributed by atoms with Crippen LogP contribution >= 0.6 is 11.3 Å². The Kier molecular flexibility index (Phi) is 3.01. The van der Waals surface area contributed by atoms with Gasteiger partial charge in [-0.05, 0) is 25.1 Å². The third kappa shape index (κ3) is 2.39. The minimum Gasteiger partial charge on any atom is -0.478 e. The Morgan fingerprint density at radius 2 is 2.06 bits per heavy atom. The zero-order valence-corrected chi connectivity index (χ0v) is 9.82. The number of carbonyl (C=O) groups excluding carboxylic acids is 1. The maximum atomic E-state index is 11.2. The second kappa shape index (κ2) is 4.47. The van der Waals surface area contributed by atoms with Crippen LogP contribution in [0.5, 0.6) is 0 Å². The van der Waals surface area contributed by atoms with E-state index in [0.29, 0.717) is 10.4 Å². The molecular formula is C12H9NO3S. The smallest absolute Gasteiger partial charge is 0.337 e. The fourth-order valence-electron chi connectivity index (χ4n) is 1.37. The Hall–Kier alpha value is -2.01. The second-order valence-corrected chi connectivity index (χ2v) is 4.57. The largest absolute Gasteiger partial charge is 0.478 e. The highest BCUT2D eigenvalue weighted by Crippen LogP contribution is 2.28. The van der Waals surface area contributed by atoms with Gasteiger partial charge in [-0.25, -0.2) is 4.79 Å². The third-order valence-corrected chi connectivity index (χ3v) is 3.46. The number of rotatable bonds is 3. The molecule has 2 aromatic rings. The number of Topliss-reactive ketones (excluding diaryl/α,β-unsaturated/α-hetero) is 1. The van der Waals surface area contributed by atoms with Crippen molar-refractivity contribution in [2.45, 2.75) is 6.92 Å². The topological polar surface area (TPSA) is 67.3 Å². The molecule has 0 saturated heterocycles. The molecular weight excluding hydrogens is 238 g/mol. The maximum Gasteiger partial charge on any atom is 0.337 e. The Morgan fingerprint density at radius 1 is 1.29 bits per heavy atom. The van der Waals surface area contributed by atoms with Crippen LogP contribution in [0.3, 0.4) is 0 Å². The fraction of sp³-hybridized carbons (Fsp3) is 0.0833. The quantitative estimate of drug-likeness (QED) is 0.847. The molecule has 0 amide bonds. The van der Waals surface area contributed by atoms with Gasteiger partial charge in [0.1, 0.15) is 0 Å². The van der Waals surface area contributed by atoms with Crippen LogP contribution in [-0.4, -0.2) is 21.8 Å². The van der Waals surface area contributed by atoms with Crippen molar-refractivity contribution >= 4 is 23.1 Å². The van der Waals surface area contributed by atoms with Gasteiger partial charge in [-0.3, -0.25) is 9.78 Å². The summed E-state index contributed by atoms with van der Waals surface area (Å²) in [5.41, 5.74) is 0.850. The number of hydrogen-bond acceptors (Lipinski definition) is 4. The summed E-state index contributed by atoms with van der Waals surface area (Å²) in [7, 11) is 0. The van der Waals surface area contributed by atoms with Crippen LogP contribution in [0.25, 0.3) is 10.4 Å². The molecule has 0 fully saturated rings. The van der Waals surface area contributed by atoms with Gasteiger partial charge in [0.15, 0.2) is 5.78 Å². The summed E-state index contributed by atoms with van der Waals surface area (Å²) in [4.78, 5) is 27.3. The van der Waals surface area contributed by atoms with Gasteiger partial charge < -0.3 is 5.11 Å². The molecule has 0 atom stereocenters. The van der Waals surface area contributed by atoms with Gasteiger partial charge >= 0.3 is 5.97 Å². The number of pyridine rings is 1. The summed E-state index contributed by atoms with van der Waals surface area (Å²) in [6.07, 6.45) is 2.88. The maximum absolute atomic E-state index is 11.2. The first-order valence-corrected chi connectivity index (χ1v) is 5.69. The normalized spacial score (nSPS) is 10.2. The van der Waals surface area contributed by atoms with Crippen molar-refractivity contribution in [1.82, 2.24) is 4.98 Å². The van der Waals surface area contributed by atoms with Crippen LogP contribution in [0, 0.1) is 0 Å². The molecule has 2 rings (SSSR count). The van der Waals surface area contributed by atoms with Gasteiger partial charge in [-0.15, -0.1) is 11.3 Å². The summed E-state index contributed by atoms with van der Waals surface area (Å²) < 4.78 is 0. The molecule has 2 heterocycles. The van der Waals surface area contributed by atoms with E-state index < -0.39 is 5.97 Å². The highest BCUT2D eigenvalue weighted by atomic mass is 32.1. The Bertz CT molecular complexity index is 589. The second-order valence-electron chi connectivity index (χ2n) is 3.49. The summed E-state index contributed by atoms with van der Waals surface area (Å²) in [6, 6.07) is 5.07. The van der Waals surface area contributed by atoms with E-state index in [9.17, 15) is 9.59 Å². The molecule has 0 aliphatic rings. The molecule has 0 aliphatic carbocycles. The van der Waals surface area contributed by atoms with E-state index in [2.05, 4.69) is 4.98 Å². The van der Waals surface area contributed by atoms with Crippen LogP contribution in [-0.2, 0) is 0 Å². The van der Waals surface area contributed by atoms with Crippen molar-refractivity contribution < 1.29 is 14.7 Å². The fourth-order valence-corrected chi connectivity index (χ4v) is 2.26. The summed E-state index contributed by atoms with van der Waals surface area (Å²) in [5.74, 6) is -1.01. The molecule has 0 radical (unpaired) electrons. The van der Waals surface area contributed by atoms with Crippen LogP contribution in [0.15, 0.2) is 30.6 Å². The predicted molar refractivity (Wildman–Crippen MR) is 64.5 cm³/mol. The highest BCUT2D eigenvalue weighted by molar-refractivity contribution is 7.17. The molecule has 0 aromatic carbocycles. The monoisotopic (exact) mass is 247 g/mol. The Morgan fingerprint density at radius 3 is 2.65 bits per heavy atom. The van der Waals surface area contributed by atoms with Gasteiger partial charge in [0.05, 0.1) is 10.4 Å². The van der Waals surface area contributed by atoms with E-state index in [1.165, 1.54) is 24.5 Å². The van der Waals surface area contributed by atoms with Crippen LogP contribution in [0.4, 0.5) is 0 Å². The molecule has 0 bridgehead atoms. The van der Waals surface area contributed by atoms with Crippen molar-refractivity contribution in [3.8, 4) is 10.4 Å². The SMILES string of the molecule is CC(=O)c1ccc(-c2cncc(C(=O)O)c2)s1. The van der Waals surface area contributed by atoms with E-state index in [1.807, 2.05) is 0 Å². The Labute approximate surface area is 102 Å². The van der Waals surface area contributed by atoms with E-state index in [0.717, 1.165) is 4.88 Å². The number of hydrogen-bond donors (Lipinski definition) is 1. The number of thiophene rings is 1. The summed E-state index contributed by atoms with van der Waals surface area (Å²) >= 11 is 1.33. The van der Waals surface area contributed by atoms with Crippen molar-refractivity contribution in [1.29, 1.82) is 0 Å². The average Bonchev–Trinajstić information content (AvgIpc) is 2.78. The lowest BCUT2D eigenvalue weighted by molar-refractivity contribution is 0.0696. The number of carboxylic acids is 1. The van der Waals surface area contributed by atoms with Crippen molar-refractivity contribution in [3.05, 3.63) is 41.0 Å². The zero-order chi connectivity index (χ0) is 12.4. The van der Waals surface area contributed by atoms with Crippen molar-refractivity contribution in [3.63, 3.8) is 0 Å². The number of carbonyl (C=O) groups is 2. The minimum atomic E-state index is -1.01. The molecule has 86 valence electrons. The third-order valence-electron chi connectivity index (χ3n) is 2.22. The molecule has 5 heteroatoms. The lowest BCUT2D eigenvalue weighted by atomic mass is 10.2.